The maximum Gasteiger partial charge on any atom is 0.171 e. The van der Waals surface area contributed by atoms with E-state index < -0.39 is 12.6 Å². The van der Waals surface area contributed by atoms with Crippen molar-refractivity contribution in [3.05, 3.63) is 229 Å². The van der Waals surface area contributed by atoms with Crippen LogP contribution in [0.2, 0.25) is 0 Å². The van der Waals surface area contributed by atoms with Gasteiger partial charge < -0.3 is 9.13 Å². The molecule has 0 radical (unpaired) electrons. The number of fused-ring (bicyclic) bond motifs is 14. The molecule has 0 saturated heterocycles. The average Bonchev–Trinajstić information content (AvgIpc) is 3.77. The SMILES string of the molecule is O=P(c1ccccc1)(c1ccccc1)c1ccc(-n2c3cc4c(cc3c3ccc5ccccc5c32)Sc2ccccc2C42c3ccccc3-c3ccccc32)cc1. The van der Waals surface area contributed by atoms with Crippen LogP contribution in [0.5, 0.6) is 0 Å². The molecule has 1 spiro atoms. The third-order valence-electron chi connectivity index (χ3n) is 12.3. The van der Waals surface area contributed by atoms with Gasteiger partial charge in [-0.3, -0.25) is 0 Å². The van der Waals surface area contributed by atoms with Crippen molar-refractivity contribution in [3.8, 4) is 16.8 Å². The molecule has 1 aromatic heterocycles. The van der Waals surface area contributed by atoms with E-state index in [-0.39, 0.29) is 0 Å². The fourth-order valence-corrected chi connectivity index (χ4v) is 13.8. The normalized spacial score (nSPS) is 13.8. The summed E-state index contributed by atoms with van der Waals surface area (Å²) in [6, 6.07) is 73.6. The summed E-state index contributed by atoms with van der Waals surface area (Å²) in [6.07, 6.45) is 0. The minimum atomic E-state index is -3.15. The molecule has 57 heavy (non-hydrogen) atoms. The van der Waals surface area contributed by atoms with Crippen molar-refractivity contribution in [3.63, 3.8) is 0 Å². The standard InChI is InChI=1S/C53H34NOPS/c55-56(37-16-3-1-4-17-37,38-18-5-2-6-19-38)39-30-28-36(29-31-39)54-49-34-48-51(33-44(49)43-32-27-35-15-7-8-20-40(35)52(43)54)57-50-26-14-13-25-47(50)53(48)45-23-11-9-21-41(45)42-22-10-12-24-46(42)53/h1-34H. The lowest BCUT2D eigenvalue weighted by Gasteiger charge is -2.39. The summed E-state index contributed by atoms with van der Waals surface area (Å²) in [5, 5.41) is 7.32. The lowest BCUT2D eigenvalue weighted by atomic mass is 9.67. The summed E-state index contributed by atoms with van der Waals surface area (Å²) in [5.41, 5.74) is 10.8. The zero-order valence-electron chi connectivity index (χ0n) is 30.8. The highest BCUT2D eigenvalue weighted by molar-refractivity contribution is 7.99. The highest BCUT2D eigenvalue weighted by Gasteiger charge is 2.50. The van der Waals surface area contributed by atoms with E-state index in [0.717, 1.165) is 27.1 Å². The first kappa shape index (κ1) is 32.8. The first-order valence-electron chi connectivity index (χ1n) is 19.4. The largest absolute Gasteiger partial charge is 0.309 e. The van der Waals surface area contributed by atoms with E-state index in [1.807, 2.05) is 72.4 Å². The van der Waals surface area contributed by atoms with Crippen LogP contribution in [0.1, 0.15) is 22.3 Å². The summed E-state index contributed by atoms with van der Waals surface area (Å²) in [6.45, 7) is 0. The van der Waals surface area contributed by atoms with E-state index >= 15 is 4.57 Å². The van der Waals surface area contributed by atoms with E-state index in [2.05, 4.69) is 150 Å². The van der Waals surface area contributed by atoms with Gasteiger partial charge in [0.2, 0.25) is 0 Å². The molecule has 2 aliphatic rings. The Morgan fingerprint density at radius 3 is 1.67 bits per heavy atom. The summed E-state index contributed by atoms with van der Waals surface area (Å²) in [4.78, 5) is 2.57. The van der Waals surface area contributed by atoms with Crippen LogP contribution in [0, 0.1) is 0 Å². The second kappa shape index (κ2) is 12.3. The first-order chi connectivity index (χ1) is 28.2. The fourth-order valence-electron chi connectivity index (χ4n) is 9.93. The van der Waals surface area contributed by atoms with E-state index in [9.17, 15) is 0 Å². The molecule has 1 aliphatic carbocycles. The monoisotopic (exact) mass is 763 g/mol. The van der Waals surface area contributed by atoms with Crippen LogP contribution in [0.3, 0.4) is 0 Å². The van der Waals surface area contributed by atoms with Gasteiger partial charge in [0, 0.05) is 47.6 Å². The number of nitrogens with zero attached hydrogens (tertiary/aromatic N) is 1. The molecule has 0 unspecified atom stereocenters. The minimum absolute atomic E-state index is 0.482. The van der Waals surface area contributed by atoms with Gasteiger partial charge in [-0.15, -0.1) is 0 Å². The van der Waals surface area contributed by atoms with E-state index in [4.69, 9.17) is 0 Å². The summed E-state index contributed by atoms with van der Waals surface area (Å²) >= 11 is 1.88. The Kier molecular flexibility index (Phi) is 7.09. The molecular weight excluding hydrogens is 730 g/mol. The lowest BCUT2D eigenvalue weighted by molar-refractivity contribution is 0.592. The van der Waals surface area contributed by atoms with Crippen molar-refractivity contribution >= 4 is 67.4 Å². The molecule has 0 atom stereocenters. The molecule has 0 fully saturated rings. The van der Waals surface area contributed by atoms with Crippen LogP contribution in [0.4, 0.5) is 0 Å². The molecule has 2 nitrogen and oxygen atoms in total. The number of hydrogen-bond acceptors (Lipinski definition) is 2. The second-order valence-electron chi connectivity index (χ2n) is 15.1. The van der Waals surface area contributed by atoms with Crippen LogP contribution >= 0.6 is 18.9 Å². The summed E-state index contributed by atoms with van der Waals surface area (Å²) in [7, 11) is -3.15. The Morgan fingerprint density at radius 1 is 0.421 bits per heavy atom. The minimum Gasteiger partial charge on any atom is -0.309 e. The zero-order valence-corrected chi connectivity index (χ0v) is 32.6. The van der Waals surface area contributed by atoms with Gasteiger partial charge in [-0.2, -0.15) is 0 Å². The van der Waals surface area contributed by atoms with Crippen LogP contribution < -0.4 is 15.9 Å². The summed E-state index contributed by atoms with van der Waals surface area (Å²) < 4.78 is 17.9. The molecule has 2 heterocycles. The maximum absolute atomic E-state index is 15.4. The quantitative estimate of drug-likeness (QED) is 0.167. The summed E-state index contributed by atoms with van der Waals surface area (Å²) in [5.74, 6) is 0. The second-order valence-corrected chi connectivity index (χ2v) is 19.0. The van der Waals surface area contributed by atoms with Gasteiger partial charge in [0.1, 0.15) is 0 Å². The third-order valence-corrected chi connectivity index (χ3v) is 16.5. The zero-order chi connectivity index (χ0) is 37.7. The highest BCUT2D eigenvalue weighted by atomic mass is 32.2. The Bertz CT molecular complexity index is 3210. The average molecular weight is 764 g/mol. The molecule has 0 amide bonds. The Morgan fingerprint density at radius 2 is 0.982 bits per heavy atom. The van der Waals surface area contributed by atoms with Crippen molar-refractivity contribution in [1.82, 2.24) is 4.57 Å². The van der Waals surface area contributed by atoms with E-state index in [0.29, 0.717) is 0 Å². The number of aromatic nitrogens is 1. The van der Waals surface area contributed by atoms with Gasteiger partial charge in [-0.05, 0) is 81.2 Å². The highest BCUT2D eigenvalue weighted by Crippen LogP contribution is 2.62. The predicted octanol–water partition coefficient (Wildman–Crippen LogP) is 12.4. The molecule has 0 saturated carbocycles. The molecule has 4 heteroatoms. The maximum atomic E-state index is 15.4. The molecule has 12 rings (SSSR count). The molecular formula is C53H34NOPS. The predicted molar refractivity (Wildman–Crippen MR) is 239 cm³/mol. The molecule has 10 aromatic rings. The van der Waals surface area contributed by atoms with Crippen molar-refractivity contribution in [2.24, 2.45) is 0 Å². The van der Waals surface area contributed by atoms with Crippen molar-refractivity contribution in [2.45, 2.75) is 15.2 Å². The number of hydrogen-bond donors (Lipinski definition) is 0. The Balaban J connectivity index is 1.17. The van der Waals surface area contributed by atoms with Crippen LogP contribution in [0.25, 0.3) is 49.4 Å². The van der Waals surface area contributed by atoms with Gasteiger partial charge in [0.05, 0.1) is 16.4 Å². The third kappa shape index (κ3) is 4.47. The molecule has 1 aliphatic heterocycles. The Hall–Kier alpha value is -6.38. The number of benzene rings is 9. The van der Waals surface area contributed by atoms with Gasteiger partial charge in [-0.25, -0.2) is 0 Å². The molecule has 9 aromatic carbocycles. The van der Waals surface area contributed by atoms with Crippen molar-refractivity contribution in [2.75, 3.05) is 0 Å². The topological polar surface area (TPSA) is 22.0 Å². The fraction of sp³-hybridized carbons (Fsp3) is 0.0189. The molecule has 0 bridgehead atoms. The van der Waals surface area contributed by atoms with Crippen LogP contribution in [-0.4, -0.2) is 4.57 Å². The van der Waals surface area contributed by atoms with Gasteiger partial charge in [-0.1, -0.05) is 176 Å². The Labute approximate surface area is 335 Å². The number of rotatable bonds is 4. The van der Waals surface area contributed by atoms with E-state index in [1.165, 1.54) is 70.2 Å². The van der Waals surface area contributed by atoms with Crippen molar-refractivity contribution in [1.29, 1.82) is 0 Å². The van der Waals surface area contributed by atoms with Crippen LogP contribution in [0.15, 0.2) is 216 Å². The smallest absolute Gasteiger partial charge is 0.171 e. The van der Waals surface area contributed by atoms with Gasteiger partial charge in [0.15, 0.2) is 7.14 Å². The van der Waals surface area contributed by atoms with Crippen LogP contribution in [-0.2, 0) is 9.98 Å². The van der Waals surface area contributed by atoms with E-state index in [1.54, 1.807) is 0 Å². The van der Waals surface area contributed by atoms with Crippen molar-refractivity contribution < 1.29 is 4.57 Å². The van der Waals surface area contributed by atoms with Gasteiger partial charge >= 0.3 is 0 Å². The lowest BCUT2D eigenvalue weighted by Crippen LogP contribution is -2.32. The molecule has 0 N–H and O–H groups in total. The van der Waals surface area contributed by atoms with Gasteiger partial charge in [0.25, 0.3) is 0 Å². The first-order valence-corrected chi connectivity index (χ1v) is 22.0. The molecule has 268 valence electrons.